The molecule has 0 spiro atoms. The van der Waals surface area contributed by atoms with E-state index in [4.69, 9.17) is 14.2 Å². The first-order valence-electron chi connectivity index (χ1n) is 10.5. The van der Waals surface area contributed by atoms with Crippen molar-refractivity contribution in [3.63, 3.8) is 0 Å². The molecular weight excluding hydrogens is 404 g/mol. The molecule has 6 heteroatoms. The predicted molar refractivity (Wildman–Crippen MR) is 124 cm³/mol. The van der Waals surface area contributed by atoms with Crippen LogP contribution in [-0.4, -0.2) is 37.7 Å². The van der Waals surface area contributed by atoms with Gasteiger partial charge in [0.2, 0.25) is 0 Å². The Bertz CT molecular complexity index is 1110. The average molecular weight is 431 g/mol. The van der Waals surface area contributed by atoms with Gasteiger partial charge >= 0.3 is 0 Å². The fourth-order valence-corrected chi connectivity index (χ4v) is 3.89. The van der Waals surface area contributed by atoms with E-state index in [0.29, 0.717) is 42.8 Å². The summed E-state index contributed by atoms with van der Waals surface area (Å²) < 4.78 is 16.4. The molecule has 0 unspecified atom stereocenters. The molecule has 4 rings (SSSR count). The van der Waals surface area contributed by atoms with E-state index in [1.807, 2.05) is 36.1 Å². The van der Waals surface area contributed by atoms with Crippen molar-refractivity contribution in [3.8, 4) is 22.6 Å². The maximum Gasteiger partial charge on any atom is 0.296 e. The third kappa shape index (κ3) is 4.30. The van der Waals surface area contributed by atoms with Crippen LogP contribution in [0.5, 0.6) is 11.5 Å². The van der Waals surface area contributed by atoms with Crippen molar-refractivity contribution in [3.05, 3.63) is 83.4 Å². The van der Waals surface area contributed by atoms with Crippen molar-refractivity contribution in [2.45, 2.75) is 20.0 Å². The maximum atomic E-state index is 13.0. The van der Waals surface area contributed by atoms with Crippen LogP contribution in [0.15, 0.2) is 71.7 Å². The summed E-state index contributed by atoms with van der Waals surface area (Å²) in [7, 11) is 3.09. The van der Waals surface area contributed by atoms with Crippen LogP contribution < -0.4 is 9.47 Å². The Morgan fingerprint density at radius 2 is 1.47 bits per heavy atom. The predicted octanol–water partition coefficient (Wildman–Crippen LogP) is 4.92. The molecule has 1 aliphatic heterocycles. The quantitative estimate of drug-likeness (QED) is 0.434. The van der Waals surface area contributed by atoms with Gasteiger partial charge in [-0.25, -0.2) is 0 Å². The van der Waals surface area contributed by atoms with Gasteiger partial charge in [0.1, 0.15) is 0 Å². The zero-order chi connectivity index (χ0) is 22.5. The van der Waals surface area contributed by atoms with Crippen LogP contribution in [0.1, 0.15) is 28.4 Å². The monoisotopic (exact) mass is 430 g/mol. The van der Waals surface area contributed by atoms with Gasteiger partial charge in [-0.05, 0) is 47.4 Å². The van der Waals surface area contributed by atoms with E-state index in [1.165, 1.54) is 18.2 Å². The van der Waals surface area contributed by atoms with Gasteiger partial charge in [0.25, 0.3) is 11.9 Å². The second-order valence-electron chi connectivity index (χ2n) is 7.37. The smallest absolute Gasteiger partial charge is 0.296 e. The number of methoxy groups -OCH3 is 2. The third-order valence-corrected chi connectivity index (χ3v) is 5.42. The van der Waals surface area contributed by atoms with Gasteiger partial charge < -0.3 is 19.1 Å². The summed E-state index contributed by atoms with van der Waals surface area (Å²) in [6.07, 6.45) is 0. The Hall–Kier alpha value is -3.80. The molecule has 32 heavy (non-hydrogen) atoms. The highest BCUT2D eigenvalue weighted by Gasteiger charge is 2.23. The Morgan fingerprint density at radius 3 is 2.03 bits per heavy atom. The number of rotatable bonds is 4. The van der Waals surface area contributed by atoms with E-state index in [1.54, 1.807) is 25.3 Å². The average Bonchev–Trinajstić information content (AvgIpc) is 3.00. The van der Waals surface area contributed by atoms with Gasteiger partial charge in [-0.2, -0.15) is 4.99 Å². The highest BCUT2D eigenvalue weighted by atomic mass is 16.5. The maximum absolute atomic E-state index is 13.0. The molecule has 0 saturated carbocycles. The number of amidine groups is 1. The second kappa shape index (κ2) is 9.56. The van der Waals surface area contributed by atoms with E-state index in [-0.39, 0.29) is 0 Å². The number of fused-ring (bicyclic) bond motifs is 3. The van der Waals surface area contributed by atoms with Crippen molar-refractivity contribution in [2.24, 2.45) is 4.99 Å². The molecule has 6 nitrogen and oxygen atoms in total. The van der Waals surface area contributed by atoms with Crippen LogP contribution >= 0.6 is 0 Å². The molecule has 0 atom stereocenters. The molecule has 1 aliphatic rings. The number of hydrogen-bond donors (Lipinski definition) is 0. The Labute approximate surface area is 188 Å². The van der Waals surface area contributed by atoms with Gasteiger partial charge in [-0.3, -0.25) is 4.79 Å². The summed E-state index contributed by atoms with van der Waals surface area (Å²) >= 11 is 0. The minimum Gasteiger partial charge on any atom is -0.493 e. The number of carbonyl (C=O) groups excluding carboxylic acids is 1. The molecule has 0 aromatic heterocycles. The first kappa shape index (κ1) is 21.4. The highest BCUT2D eigenvalue weighted by molar-refractivity contribution is 6.01. The van der Waals surface area contributed by atoms with Crippen molar-refractivity contribution in [1.82, 2.24) is 4.90 Å². The summed E-state index contributed by atoms with van der Waals surface area (Å²) in [6.45, 7) is 3.46. The Morgan fingerprint density at radius 1 is 0.875 bits per heavy atom. The molecule has 0 bridgehead atoms. The summed E-state index contributed by atoms with van der Waals surface area (Å²) in [4.78, 5) is 19.4. The third-order valence-electron chi connectivity index (χ3n) is 5.42. The lowest BCUT2D eigenvalue weighted by atomic mass is 9.97. The standard InChI is InChI=1S/C26H26N2O4/c1-4-32-26(27-25(29)18-13-14-23(30-2)24(15-18)31-3)28-16-19-9-5-7-11-21(19)22-12-8-6-10-20(22)17-28/h5-15H,4,16-17H2,1-3H3. The van der Waals surface area contributed by atoms with E-state index in [0.717, 1.165) is 11.1 Å². The summed E-state index contributed by atoms with van der Waals surface area (Å²) in [5, 5.41) is 0. The fourth-order valence-electron chi connectivity index (χ4n) is 3.89. The Kier molecular flexibility index (Phi) is 6.40. The number of benzene rings is 3. The van der Waals surface area contributed by atoms with E-state index >= 15 is 0 Å². The van der Waals surface area contributed by atoms with Crippen LogP contribution in [0, 0.1) is 0 Å². The molecule has 164 valence electrons. The first-order valence-corrected chi connectivity index (χ1v) is 10.5. The molecule has 3 aromatic carbocycles. The van der Waals surface area contributed by atoms with Crippen molar-refractivity contribution < 1.29 is 19.0 Å². The number of ether oxygens (including phenoxy) is 3. The first-order chi connectivity index (χ1) is 15.6. The zero-order valence-electron chi connectivity index (χ0n) is 18.5. The number of carbonyl (C=O) groups is 1. The van der Waals surface area contributed by atoms with E-state index < -0.39 is 5.91 Å². The molecule has 0 saturated heterocycles. The molecular formula is C26H26N2O4. The van der Waals surface area contributed by atoms with Crippen LogP contribution in [-0.2, 0) is 17.8 Å². The van der Waals surface area contributed by atoms with Gasteiger partial charge in [0.15, 0.2) is 11.5 Å². The van der Waals surface area contributed by atoms with Gasteiger partial charge in [0.05, 0.1) is 20.8 Å². The van der Waals surface area contributed by atoms with Crippen molar-refractivity contribution >= 4 is 11.9 Å². The van der Waals surface area contributed by atoms with Crippen LogP contribution in [0.4, 0.5) is 0 Å². The lowest BCUT2D eigenvalue weighted by Gasteiger charge is -2.24. The van der Waals surface area contributed by atoms with Gasteiger partial charge in [-0.1, -0.05) is 48.5 Å². The second-order valence-corrected chi connectivity index (χ2v) is 7.37. The van der Waals surface area contributed by atoms with Crippen LogP contribution in [0.2, 0.25) is 0 Å². The number of amides is 1. The molecule has 0 N–H and O–H groups in total. The molecule has 0 radical (unpaired) electrons. The Balaban J connectivity index is 1.71. The number of hydrogen-bond acceptors (Lipinski definition) is 4. The van der Waals surface area contributed by atoms with Gasteiger partial charge in [0, 0.05) is 18.7 Å². The molecule has 0 aliphatic carbocycles. The van der Waals surface area contributed by atoms with Crippen molar-refractivity contribution in [1.29, 1.82) is 0 Å². The largest absolute Gasteiger partial charge is 0.493 e. The van der Waals surface area contributed by atoms with Crippen LogP contribution in [0.25, 0.3) is 11.1 Å². The molecule has 3 aromatic rings. The highest BCUT2D eigenvalue weighted by Crippen LogP contribution is 2.33. The van der Waals surface area contributed by atoms with Crippen LogP contribution in [0.3, 0.4) is 0 Å². The zero-order valence-corrected chi connectivity index (χ0v) is 18.5. The topological polar surface area (TPSA) is 60.4 Å². The van der Waals surface area contributed by atoms with E-state index in [9.17, 15) is 4.79 Å². The normalized spacial score (nSPS) is 13.0. The lowest BCUT2D eigenvalue weighted by molar-refractivity contribution is 0.0993. The molecule has 1 amide bonds. The molecule has 0 fully saturated rings. The minimum absolute atomic E-state index is 0.304. The minimum atomic E-state index is -0.403. The summed E-state index contributed by atoms with van der Waals surface area (Å²) in [6, 6.07) is 21.9. The van der Waals surface area contributed by atoms with E-state index in [2.05, 4.69) is 29.3 Å². The number of aliphatic imine (C=N–C) groups is 1. The SMILES string of the molecule is CCOC(=NC(=O)c1ccc(OC)c(OC)c1)N1Cc2ccccc2-c2ccccc2C1. The lowest BCUT2D eigenvalue weighted by Crippen LogP contribution is -2.32. The fraction of sp³-hybridized carbons (Fsp3) is 0.231. The van der Waals surface area contributed by atoms with Crippen molar-refractivity contribution in [2.75, 3.05) is 20.8 Å². The summed E-state index contributed by atoms with van der Waals surface area (Å²) in [5.41, 5.74) is 5.09. The number of nitrogens with zero attached hydrogens (tertiary/aromatic N) is 2. The molecule has 1 heterocycles. The van der Waals surface area contributed by atoms with Gasteiger partial charge in [-0.15, -0.1) is 0 Å². The summed E-state index contributed by atoms with van der Waals surface area (Å²) in [5.74, 6) is 0.628.